The van der Waals surface area contributed by atoms with Gasteiger partial charge in [0.1, 0.15) is 0 Å². The first-order valence-corrected chi connectivity index (χ1v) is 12.8. The molecule has 0 rings (SSSR count). The SMILES string of the molecule is C=C[C@@](C)(/C=C/[C@@H](C)CC/C=C(\C)CC[C@@H](C)C(=C)C)CC/C=C(\C)CC[C@@H](C)C(=C)C. The Bertz CT molecular complexity index is 668. The van der Waals surface area contributed by atoms with E-state index in [9.17, 15) is 0 Å². The van der Waals surface area contributed by atoms with Crippen LogP contribution in [0.1, 0.15) is 107 Å². The van der Waals surface area contributed by atoms with Gasteiger partial charge < -0.3 is 0 Å². The van der Waals surface area contributed by atoms with Crippen molar-refractivity contribution in [1.29, 1.82) is 0 Å². The van der Waals surface area contributed by atoms with E-state index in [4.69, 9.17) is 0 Å². The van der Waals surface area contributed by atoms with E-state index in [-0.39, 0.29) is 5.41 Å². The number of allylic oxidation sites excluding steroid dienone is 9. The van der Waals surface area contributed by atoms with E-state index in [0.29, 0.717) is 17.8 Å². The van der Waals surface area contributed by atoms with E-state index >= 15 is 0 Å². The third kappa shape index (κ3) is 14.5. The molecule has 0 heterocycles. The average Bonchev–Trinajstić information content (AvgIpc) is 2.74. The molecule has 0 aromatic carbocycles. The number of rotatable bonds is 17. The lowest BCUT2D eigenvalue weighted by Crippen LogP contribution is -2.09. The Balaban J connectivity index is 4.49. The quantitative estimate of drug-likeness (QED) is 0.198. The van der Waals surface area contributed by atoms with Crippen molar-refractivity contribution in [2.75, 3.05) is 0 Å². The highest BCUT2D eigenvalue weighted by Gasteiger charge is 2.15. The molecular weight excluding hydrogens is 384 g/mol. The molecule has 0 saturated carbocycles. The van der Waals surface area contributed by atoms with E-state index in [1.54, 1.807) is 0 Å². The van der Waals surface area contributed by atoms with Crippen molar-refractivity contribution in [3.05, 3.63) is 72.4 Å². The first-order valence-electron chi connectivity index (χ1n) is 12.8. The maximum absolute atomic E-state index is 4.12. The van der Waals surface area contributed by atoms with E-state index in [1.165, 1.54) is 54.4 Å². The molecule has 0 aliphatic carbocycles. The van der Waals surface area contributed by atoms with Gasteiger partial charge in [-0.05, 0) is 96.8 Å². The van der Waals surface area contributed by atoms with Crippen molar-refractivity contribution in [3.8, 4) is 0 Å². The van der Waals surface area contributed by atoms with Gasteiger partial charge in [0.2, 0.25) is 0 Å². The fourth-order valence-corrected chi connectivity index (χ4v) is 3.54. The first kappa shape index (κ1) is 30.4. The van der Waals surface area contributed by atoms with Crippen LogP contribution in [0, 0.1) is 23.2 Å². The second-order valence-corrected chi connectivity index (χ2v) is 10.8. The monoisotopic (exact) mass is 438 g/mol. The van der Waals surface area contributed by atoms with Crippen LogP contribution >= 0.6 is 0 Å². The lowest BCUT2D eigenvalue weighted by Gasteiger charge is -2.22. The van der Waals surface area contributed by atoms with Gasteiger partial charge >= 0.3 is 0 Å². The standard InChI is InChI=1S/C32H54/c1-12-32(11,23-14-17-28(7)19-21-31(10)26(4)5)24-22-29(8)16-13-15-27(6)18-20-30(9)25(2)3/h12,15,17,22,24,29-31H,1-2,4,13-14,16,18-21,23H2,3,5-11H3/b24-22+,27-15+,28-17+/t29-,30+,31+,32+/m0/s1. The largest absolute Gasteiger partial charge is 0.102 e. The van der Waals surface area contributed by atoms with Crippen molar-refractivity contribution < 1.29 is 0 Å². The highest BCUT2D eigenvalue weighted by atomic mass is 14.2. The highest BCUT2D eigenvalue weighted by molar-refractivity contribution is 5.10. The normalized spacial score (nSPS) is 17.6. The van der Waals surface area contributed by atoms with Crippen molar-refractivity contribution >= 4 is 0 Å². The van der Waals surface area contributed by atoms with Gasteiger partial charge in [0.15, 0.2) is 0 Å². The fraction of sp³-hybridized carbons (Fsp3) is 0.625. The third-order valence-corrected chi connectivity index (χ3v) is 7.19. The molecule has 182 valence electrons. The zero-order valence-electron chi connectivity index (χ0n) is 22.9. The Labute approximate surface area is 202 Å². The molecule has 0 aliphatic heterocycles. The van der Waals surface area contributed by atoms with Crippen molar-refractivity contribution in [2.45, 2.75) is 107 Å². The van der Waals surface area contributed by atoms with Gasteiger partial charge in [-0.3, -0.25) is 0 Å². The lowest BCUT2D eigenvalue weighted by atomic mass is 9.83. The zero-order chi connectivity index (χ0) is 24.7. The summed E-state index contributed by atoms with van der Waals surface area (Å²) < 4.78 is 0. The van der Waals surface area contributed by atoms with Crippen LogP contribution in [0.3, 0.4) is 0 Å². The molecule has 0 unspecified atom stereocenters. The van der Waals surface area contributed by atoms with Crippen LogP contribution in [0.25, 0.3) is 0 Å². The molecule has 0 amide bonds. The molecule has 0 spiro atoms. The molecule has 0 N–H and O–H groups in total. The van der Waals surface area contributed by atoms with Gasteiger partial charge in [-0.25, -0.2) is 0 Å². The second kappa shape index (κ2) is 16.1. The van der Waals surface area contributed by atoms with Gasteiger partial charge in [-0.1, -0.05) is 93.5 Å². The van der Waals surface area contributed by atoms with E-state index < -0.39 is 0 Å². The summed E-state index contributed by atoms with van der Waals surface area (Å²) in [5.74, 6) is 1.82. The maximum atomic E-state index is 4.12. The summed E-state index contributed by atoms with van der Waals surface area (Å²) in [6.07, 6.45) is 21.1. The molecule has 0 radical (unpaired) electrons. The highest BCUT2D eigenvalue weighted by Crippen LogP contribution is 2.29. The van der Waals surface area contributed by atoms with Crippen LogP contribution in [0.4, 0.5) is 0 Å². The first-order chi connectivity index (χ1) is 14.9. The summed E-state index contributed by atoms with van der Waals surface area (Å²) >= 11 is 0. The summed E-state index contributed by atoms with van der Waals surface area (Å²) in [4.78, 5) is 0. The van der Waals surface area contributed by atoms with Gasteiger partial charge in [0.05, 0.1) is 0 Å². The minimum Gasteiger partial charge on any atom is -0.102 e. The number of hydrogen-bond donors (Lipinski definition) is 0. The molecule has 0 fully saturated rings. The lowest BCUT2D eigenvalue weighted by molar-refractivity contribution is 0.498. The van der Waals surface area contributed by atoms with Crippen LogP contribution in [-0.4, -0.2) is 0 Å². The number of hydrogen-bond acceptors (Lipinski definition) is 0. The minimum atomic E-state index is 0.0699. The van der Waals surface area contributed by atoms with E-state index in [1.807, 2.05) is 0 Å². The molecule has 0 aromatic heterocycles. The topological polar surface area (TPSA) is 0 Å². The molecular formula is C32H54. The van der Waals surface area contributed by atoms with Gasteiger partial charge in [0.25, 0.3) is 0 Å². The Hall–Kier alpha value is -1.56. The van der Waals surface area contributed by atoms with Crippen LogP contribution in [0.2, 0.25) is 0 Å². The molecule has 0 saturated heterocycles. The third-order valence-electron chi connectivity index (χ3n) is 7.19. The Morgan fingerprint density at radius 3 is 1.69 bits per heavy atom. The zero-order valence-corrected chi connectivity index (χ0v) is 22.9. The van der Waals surface area contributed by atoms with E-state index in [2.05, 4.69) is 106 Å². The molecule has 4 atom stereocenters. The molecule has 0 heteroatoms. The summed E-state index contributed by atoms with van der Waals surface area (Å²) in [5.41, 5.74) is 5.68. The predicted octanol–water partition coefficient (Wildman–Crippen LogP) is 10.8. The van der Waals surface area contributed by atoms with Gasteiger partial charge in [0, 0.05) is 5.41 Å². The fourth-order valence-electron chi connectivity index (χ4n) is 3.54. The maximum Gasteiger partial charge on any atom is 0.00330 e. The minimum absolute atomic E-state index is 0.0699. The van der Waals surface area contributed by atoms with E-state index in [0.717, 1.165) is 19.3 Å². The second-order valence-electron chi connectivity index (χ2n) is 10.8. The smallest absolute Gasteiger partial charge is 0.00330 e. The summed E-state index contributed by atoms with van der Waals surface area (Å²) in [5, 5.41) is 0. The van der Waals surface area contributed by atoms with Crippen molar-refractivity contribution in [1.82, 2.24) is 0 Å². The summed E-state index contributed by atoms with van der Waals surface area (Å²) in [7, 11) is 0. The van der Waals surface area contributed by atoms with Crippen LogP contribution in [0.5, 0.6) is 0 Å². The Kier molecular flexibility index (Phi) is 15.3. The Morgan fingerprint density at radius 1 is 0.781 bits per heavy atom. The summed E-state index contributed by atoms with van der Waals surface area (Å²) in [6.45, 7) is 30.3. The van der Waals surface area contributed by atoms with Crippen LogP contribution in [0.15, 0.2) is 72.4 Å². The van der Waals surface area contributed by atoms with Gasteiger partial charge in [-0.2, -0.15) is 0 Å². The molecule has 0 bridgehead atoms. The molecule has 0 nitrogen and oxygen atoms in total. The van der Waals surface area contributed by atoms with Crippen molar-refractivity contribution in [2.24, 2.45) is 23.2 Å². The molecule has 32 heavy (non-hydrogen) atoms. The Morgan fingerprint density at radius 2 is 1.25 bits per heavy atom. The summed E-state index contributed by atoms with van der Waals surface area (Å²) in [6, 6.07) is 0. The van der Waals surface area contributed by atoms with Crippen LogP contribution < -0.4 is 0 Å². The molecule has 0 aliphatic rings. The predicted molar refractivity (Wildman–Crippen MR) is 149 cm³/mol. The van der Waals surface area contributed by atoms with Crippen LogP contribution in [-0.2, 0) is 0 Å². The van der Waals surface area contributed by atoms with Crippen molar-refractivity contribution in [3.63, 3.8) is 0 Å². The molecule has 0 aromatic rings. The van der Waals surface area contributed by atoms with Gasteiger partial charge in [-0.15, -0.1) is 6.58 Å². The average molecular weight is 439 g/mol.